The first-order chi connectivity index (χ1) is 1.41. The van der Waals surface area contributed by atoms with E-state index in [0.29, 0.717) is 0 Å². The smallest absolute Gasteiger partial charge is 0 e. The summed E-state index contributed by atoms with van der Waals surface area (Å²) in [6.07, 6.45) is 1.75. The van der Waals surface area contributed by atoms with Crippen molar-refractivity contribution >= 4 is 0 Å². The molecule has 0 atom stereocenters. The van der Waals surface area contributed by atoms with Crippen molar-refractivity contribution in [3.8, 4) is 0 Å². The van der Waals surface area contributed by atoms with Gasteiger partial charge in [-0.25, -0.2) is 0 Å². The van der Waals surface area contributed by atoms with Crippen LogP contribution in [-0.4, -0.2) is 0 Å². The van der Waals surface area contributed by atoms with Gasteiger partial charge in [0.25, 0.3) is 0 Å². The van der Waals surface area contributed by atoms with Crippen molar-refractivity contribution in [2.45, 2.75) is 6.92 Å². The van der Waals surface area contributed by atoms with E-state index in [1.54, 1.807) is 6.08 Å². The number of hydrogen-bond donors (Lipinski definition) is 0. The van der Waals surface area contributed by atoms with Gasteiger partial charge in [0.2, 0.25) is 0 Å². The molecule has 0 unspecified atom stereocenters. The standard InChI is InChI=1S/C3H6.Au/c1-3-2;/h3H,1H2,2H3;. The molecule has 1 radical (unpaired) electrons. The third kappa shape index (κ3) is 23.6. The van der Waals surface area contributed by atoms with Crippen LogP contribution in [0, 0.1) is 0 Å². The Balaban J connectivity index is 0. The molecule has 0 nitrogen and oxygen atoms in total. The molecule has 0 fully saturated rings. The van der Waals surface area contributed by atoms with Crippen molar-refractivity contribution < 1.29 is 22.4 Å². The van der Waals surface area contributed by atoms with Crippen LogP contribution >= 0.6 is 0 Å². The van der Waals surface area contributed by atoms with Crippen LogP contribution in [0.15, 0.2) is 12.7 Å². The summed E-state index contributed by atoms with van der Waals surface area (Å²) in [7, 11) is 0. The molecule has 0 saturated carbocycles. The minimum Gasteiger partial charge on any atom is -0.103 e. The summed E-state index contributed by atoms with van der Waals surface area (Å²) in [6, 6.07) is 0. The van der Waals surface area contributed by atoms with Crippen molar-refractivity contribution in [2.75, 3.05) is 0 Å². The van der Waals surface area contributed by atoms with Crippen LogP contribution in [0.1, 0.15) is 6.92 Å². The quantitative estimate of drug-likeness (QED) is 0.440. The SMILES string of the molecule is C=CC.[Au]. The van der Waals surface area contributed by atoms with E-state index in [4.69, 9.17) is 0 Å². The van der Waals surface area contributed by atoms with Gasteiger partial charge in [0.1, 0.15) is 0 Å². The van der Waals surface area contributed by atoms with Gasteiger partial charge in [-0.3, -0.25) is 0 Å². The van der Waals surface area contributed by atoms with Crippen LogP contribution in [0.4, 0.5) is 0 Å². The van der Waals surface area contributed by atoms with Crippen molar-refractivity contribution in [2.24, 2.45) is 0 Å². The van der Waals surface area contributed by atoms with E-state index in [9.17, 15) is 0 Å². The molecule has 4 heavy (non-hydrogen) atoms. The predicted octanol–water partition coefficient (Wildman–Crippen LogP) is 1.19. The summed E-state index contributed by atoms with van der Waals surface area (Å²) in [5, 5.41) is 0. The van der Waals surface area contributed by atoms with Gasteiger partial charge in [0.05, 0.1) is 0 Å². The van der Waals surface area contributed by atoms with Crippen LogP contribution < -0.4 is 0 Å². The maximum atomic E-state index is 3.36. The summed E-state index contributed by atoms with van der Waals surface area (Å²) >= 11 is 0. The Morgan fingerprint density at radius 2 is 1.75 bits per heavy atom. The van der Waals surface area contributed by atoms with Gasteiger partial charge in [-0.2, -0.15) is 0 Å². The average Bonchev–Trinajstić information content (AvgIpc) is 0.918. The van der Waals surface area contributed by atoms with E-state index in [2.05, 4.69) is 6.58 Å². The molecule has 0 aliphatic carbocycles. The van der Waals surface area contributed by atoms with Gasteiger partial charge in [-0.15, -0.1) is 6.58 Å². The van der Waals surface area contributed by atoms with Crippen LogP contribution in [0.5, 0.6) is 0 Å². The molecule has 0 aliphatic rings. The Bertz CT molecular complexity index is 10.8. The number of hydrogen-bond acceptors (Lipinski definition) is 0. The molecule has 0 aromatic rings. The Morgan fingerprint density at radius 1 is 1.75 bits per heavy atom. The van der Waals surface area contributed by atoms with Crippen LogP contribution in [0.25, 0.3) is 0 Å². The number of allylic oxidation sites excluding steroid dienone is 1. The van der Waals surface area contributed by atoms with Crippen molar-refractivity contribution in [3.63, 3.8) is 0 Å². The number of rotatable bonds is 0. The maximum absolute atomic E-state index is 3.36. The van der Waals surface area contributed by atoms with Gasteiger partial charge < -0.3 is 0 Å². The largest absolute Gasteiger partial charge is 0.103 e. The Morgan fingerprint density at radius 3 is 1.75 bits per heavy atom. The van der Waals surface area contributed by atoms with Crippen LogP contribution in [0.3, 0.4) is 0 Å². The molecule has 0 aliphatic heterocycles. The van der Waals surface area contributed by atoms with Crippen molar-refractivity contribution in [1.29, 1.82) is 0 Å². The molecule has 1 heteroatoms. The van der Waals surface area contributed by atoms with E-state index >= 15 is 0 Å². The molecule has 0 aromatic carbocycles. The topological polar surface area (TPSA) is 0 Å². The summed E-state index contributed by atoms with van der Waals surface area (Å²) in [5.41, 5.74) is 0. The maximum Gasteiger partial charge on any atom is 0 e. The van der Waals surface area contributed by atoms with E-state index in [0.717, 1.165) is 0 Å². The molecular formula is C3H6Au. The minimum absolute atomic E-state index is 0. The van der Waals surface area contributed by atoms with E-state index in [-0.39, 0.29) is 22.4 Å². The second-order valence-electron chi connectivity index (χ2n) is 0.408. The van der Waals surface area contributed by atoms with Crippen molar-refractivity contribution in [3.05, 3.63) is 12.7 Å². The molecule has 0 N–H and O–H groups in total. The monoisotopic (exact) mass is 239 g/mol. The second kappa shape index (κ2) is 9.77. The van der Waals surface area contributed by atoms with Crippen molar-refractivity contribution in [1.82, 2.24) is 0 Å². The Hall–Kier alpha value is 0.480. The third-order valence-electron chi connectivity index (χ3n) is 0. The molecule has 0 amide bonds. The predicted molar refractivity (Wildman–Crippen MR) is 15.9 cm³/mol. The second-order valence-corrected chi connectivity index (χ2v) is 0.408. The zero-order valence-corrected chi connectivity index (χ0v) is 4.75. The van der Waals surface area contributed by atoms with Crippen LogP contribution in [-0.2, 0) is 22.4 Å². The van der Waals surface area contributed by atoms with Crippen LogP contribution in [0.2, 0.25) is 0 Å². The molecule has 0 bridgehead atoms. The van der Waals surface area contributed by atoms with E-state index in [1.165, 1.54) is 0 Å². The summed E-state index contributed by atoms with van der Waals surface area (Å²) < 4.78 is 0. The van der Waals surface area contributed by atoms with Gasteiger partial charge in [0.15, 0.2) is 0 Å². The molecular weight excluding hydrogens is 233 g/mol. The fourth-order valence-electron chi connectivity index (χ4n) is 0. The van der Waals surface area contributed by atoms with E-state index in [1.807, 2.05) is 6.92 Å². The normalized spacial score (nSPS) is 3.25. The average molecular weight is 239 g/mol. The van der Waals surface area contributed by atoms with Gasteiger partial charge in [-0.05, 0) is 6.92 Å². The molecule has 0 saturated heterocycles. The third-order valence-corrected chi connectivity index (χ3v) is 0. The minimum atomic E-state index is 0. The molecule has 0 heterocycles. The first-order valence-corrected chi connectivity index (χ1v) is 0.986. The molecule has 0 rings (SSSR count). The Kier molecular flexibility index (Phi) is 21.5. The fraction of sp³-hybridized carbons (Fsp3) is 0.333. The Labute approximate surface area is 42.4 Å². The zero-order chi connectivity index (χ0) is 2.71. The van der Waals surface area contributed by atoms with E-state index < -0.39 is 0 Å². The summed E-state index contributed by atoms with van der Waals surface area (Å²) in [5.74, 6) is 0. The van der Waals surface area contributed by atoms with Gasteiger partial charge in [-0.1, -0.05) is 6.08 Å². The molecule has 0 aromatic heterocycles. The zero-order valence-electron chi connectivity index (χ0n) is 2.59. The van der Waals surface area contributed by atoms with Gasteiger partial charge in [0, 0.05) is 22.4 Å². The molecule has 0 spiro atoms. The first kappa shape index (κ1) is 8.82. The summed E-state index contributed by atoms with van der Waals surface area (Å²) in [6.45, 7) is 5.25. The molecule has 29 valence electrons. The first-order valence-electron chi connectivity index (χ1n) is 0.986. The van der Waals surface area contributed by atoms with Gasteiger partial charge >= 0.3 is 0 Å². The fourth-order valence-corrected chi connectivity index (χ4v) is 0. The summed E-state index contributed by atoms with van der Waals surface area (Å²) in [4.78, 5) is 0.